The standard InChI is InChI=1S/C25H26F6N2O5/c1-4-37-23(35)33-14(2)9-20(19-6-5-18(36-3)13-21(19)33)32-22(34)38-8-7-15-10-16(24(26,27)28)12-17(11-15)25(29,30)31/h5-6,10-14,20H,4,7-9H2,1-3H3,(H,32,34)/t14-,20+/m1/s1. The smallest absolute Gasteiger partial charge is 0.416 e. The molecule has 0 fully saturated rings. The Hall–Kier alpha value is -3.64. The van der Waals surface area contributed by atoms with Crippen LogP contribution >= 0.6 is 0 Å². The van der Waals surface area contributed by atoms with E-state index in [1.165, 1.54) is 12.0 Å². The summed E-state index contributed by atoms with van der Waals surface area (Å²) in [5.74, 6) is 0.466. The summed E-state index contributed by atoms with van der Waals surface area (Å²) in [7, 11) is 1.46. The van der Waals surface area contributed by atoms with Gasteiger partial charge < -0.3 is 19.5 Å². The molecule has 3 rings (SSSR count). The van der Waals surface area contributed by atoms with Crippen LogP contribution in [0.5, 0.6) is 5.75 Å². The normalized spacial score (nSPS) is 17.4. The molecule has 0 aromatic heterocycles. The highest BCUT2D eigenvalue weighted by atomic mass is 19.4. The Balaban J connectivity index is 1.72. The van der Waals surface area contributed by atoms with Crippen molar-refractivity contribution in [3.63, 3.8) is 0 Å². The maximum Gasteiger partial charge on any atom is 0.416 e. The molecule has 2 atom stereocenters. The topological polar surface area (TPSA) is 77.1 Å². The molecule has 0 saturated carbocycles. The van der Waals surface area contributed by atoms with Gasteiger partial charge in [0.2, 0.25) is 0 Å². The van der Waals surface area contributed by atoms with Gasteiger partial charge in [-0.3, -0.25) is 4.90 Å². The summed E-state index contributed by atoms with van der Waals surface area (Å²) in [6, 6.07) is 5.14. The van der Waals surface area contributed by atoms with Crippen LogP contribution in [-0.2, 0) is 28.2 Å². The van der Waals surface area contributed by atoms with E-state index in [0.717, 1.165) is 0 Å². The third-order valence-electron chi connectivity index (χ3n) is 5.92. The lowest BCUT2D eigenvalue weighted by molar-refractivity contribution is -0.143. The molecule has 0 unspecified atom stereocenters. The van der Waals surface area contributed by atoms with Crippen molar-refractivity contribution in [2.24, 2.45) is 0 Å². The predicted molar refractivity (Wildman–Crippen MR) is 124 cm³/mol. The number of nitrogens with one attached hydrogen (secondary N) is 1. The molecule has 0 bridgehead atoms. The highest BCUT2D eigenvalue weighted by molar-refractivity contribution is 5.90. The van der Waals surface area contributed by atoms with Crippen LogP contribution in [0.3, 0.4) is 0 Å². The molecular weight excluding hydrogens is 522 g/mol. The van der Waals surface area contributed by atoms with Gasteiger partial charge in [-0.2, -0.15) is 26.3 Å². The van der Waals surface area contributed by atoms with E-state index in [-0.39, 0.29) is 31.1 Å². The van der Waals surface area contributed by atoms with Gasteiger partial charge in [0.15, 0.2) is 0 Å². The largest absolute Gasteiger partial charge is 0.497 e. The molecule has 2 amide bonds. The van der Waals surface area contributed by atoms with E-state index >= 15 is 0 Å². The van der Waals surface area contributed by atoms with Crippen LogP contribution in [0.4, 0.5) is 41.6 Å². The van der Waals surface area contributed by atoms with Crippen LogP contribution in [-0.4, -0.2) is 38.6 Å². The molecule has 1 aliphatic rings. The van der Waals surface area contributed by atoms with Crippen LogP contribution in [0.25, 0.3) is 0 Å². The number of anilines is 1. The summed E-state index contributed by atoms with van der Waals surface area (Å²) in [6.07, 6.45) is -11.5. The molecular formula is C25H26F6N2O5. The molecule has 0 saturated heterocycles. The van der Waals surface area contributed by atoms with Crippen molar-refractivity contribution in [3.8, 4) is 5.75 Å². The van der Waals surface area contributed by atoms with Crippen LogP contribution in [0.2, 0.25) is 0 Å². The SMILES string of the molecule is CCOC(=O)N1c2cc(OC)ccc2[C@@H](NC(=O)OCCc2cc(C(F)(F)F)cc(C(F)(F)F)c2)C[C@H]1C. The average Bonchev–Trinajstić information content (AvgIpc) is 2.82. The van der Waals surface area contributed by atoms with Crippen molar-refractivity contribution in [1.29, 1.82) is 0 Å². The van der Waals surface area contributed by atoms with Crippen molar-refractivity contribution < 1.29 is 50.1 Å². The number of hydrogen-bond acceptors (Lipinski definition) is 5. The van der Waals surface area contributed by atoms with E-state index in [9.17, 15) is 35.9 Å². The van der Waals surface area contributed by atoms with E-state index in [4.69, 9.17) is 14.2 Å². The minimum Gasteiger partial charge on any atom is -0.497 e. The van der Waals surface area contributed by atoms with Crippen LogP contribution in [0.1, 0.15) is 48.6 Å². The predicted octanol–water partition coefficient (Wildman–Crippen LogP) is 6.50. The molecule has 2 aromatic rings. The number of methoxy groups -OCH3 is 1. The minimum atomic E-state index is -4.97. The van der Waals surface area contributed by atoms with Gasteiger partial charge >= 0.3 is 24.5 Å². The highest BCUT2D eigenvalue weighted by Crippen LogP contribution is 2.40. The number of ether oxygens (including phenoxy) is 3. The van der Waals surface area contributed by atoms with Gasteiger partial charge in [-0.15, -0.1) is 0 Å². The Kier molecular flexibility index (Phi) is 8.68. The lowest BCUT2D eigenvalue weighted by atomic mass is 9.92. The van der Waals surface area contributed by atoms with Crippen LogP contribution in [0.15, 0.2) is 36.4 Å². The second-order valence-corrected chi connectivity index (χ2v) is 8.58. The summed E-state index contributed by atoms with van der Waals surface area (Å²) in [5.41, 5.74) is -2.15. The molecule has 13 heteroatoms. The van der Waals surface area contributed by atoms with Crippen molar-refractivity contribution in [2.75, 3.05) is 25.2 Å². The molecule has 1 N–H and O–H groups in total. The van der Waals surface area contributed by atoms with E-state index in [1.54, 1.807) is 32.0 Å². The second kappa shape index (κ2) is 11.4. The van der Waals surface area contributed by atoms with Gasteiger partial charge in [-0.1, -0.05) is 6.07 Å². The van der Waals surface area contributed by atoms with Crippen molar-refractivity contribution >= 4 is 17.9 Å². The molecule has 208 valence electrons. The number of alkyl halides is 6. The molecule has 0 spiro atoms. The van der Waals surface area contributed by atoms with Crippen molar-refractivity contribution in [2.45, 2.75) is 51.1 Å². The Morgan fingerprint density at radius 1 is 1.00 bits per heavy atom. The molecule has 7 nitrogen and oxygen atoms in total. The van der Waals surface area contributed by atoms with Crippen LogP contribution < -0.4 is 15.0 Å². The van der Waals surface area contributed by atoms with Gasteiger partial charge in [0, 0.05) is 18.5 Å². The van der Waals surface area contributed by atoms with E-state index in [1.807, 2.05) is 0 Å². The fraction of sp³-hybridized carbons (Fsp3) is 0.440. The summed E-state index contributed by atoms with van der Waals surface area (Å²) in [6.45, 7) is 3.12. The number of amides is 2. The number of rotatable bonds is 6. The maximum absolute atomic E-state index is 13.1. The van der Waals surface area contributed by atoms with Crippen molar-refractivity contribution in [3.05, 3.63) is 58.7 Å². The number of hydrogen-bond donors (Lipinski definition) is 1. The zero-order chi connectivity index (χ0) is 28.3. The van der Waals surface area contributed by atoms with Gasteiger partial charge in [-0.25, -0.2) is 9.59 Å². The Bertz CT molecular complexity index is 1140. The molecule has 1 heterocycles. The van der Waals surface area contributed by atoms with E-state index in [2.05, 4.69) is 5.32 Å². The first-order valence-electron chi connectivity index (χ1n) is 11.6. The highest BCUT2D eigenvalue weighted by Gasteiger charge is 2.38. The number of halogens is 6. The zero-order valence-electron chi connectivity index (χ0n) is 20.7. The summed E-state index contributed by atoms with van der Waals surface area (Å²) in [4.78, 5) is 26.5. The number of fused-ring (bicyclic) bond motifs is 1. The van der Waals surface area contributed by atoms with Gasteiger partial charge in [-0.05, 0) is 55.7 Å². The third-order valence-corrected chi connectivity index (χ3v) is 5.92. The molecule has 1 aliphatic heterocycles. The first-order chi connectivity index (χ1) is 17.7. The number of carbonyl (C=O) groups is 2. The zero-order valence-corrected chi connectivity index (χ0v) is 20.7. The Morgan fingerprint density at radius 2 is 1.63 bits per heavy atom. The van der Waals surface area contributed by atoms with E-state index < -0.39 is 54.4 Å². The summed E-state index contributed by atoms with van der Waals surface area (Å²) < 4.78 is 93.8. The average molecular weight is 548 g/mol. The monoisotopic (exact) mass is 548 g/mol. The fourth-order valence-corrected chi connectivity index (χ4v) is 4.18. The quantitative estimate of drug-likeness (QED) is 0.417. The summed E-state index contributed by atoms with van der Waals surface area (Å²) in [5, 5.41) is 2.65. The Labute approximate surface area is 214 Å². The number of benzene rings is 2. The number of nitrogens with zero attached hydrogens (tertiary/aromatic N) is 1. The van der Waals surface area contributed by atoms with Gasteiger partial charge in [0.05, 0.1) is 43.2 Å². The Morgan fingerprint density at radius 3 is 2.18 bits per heavy atom. The molecule has 0 aliphatic carbocycles. The van der Waals surface area contributed by atoms with E-state index in [0.29, 0.717) is 29.1 Å². The number of alkyl carbamates (subject to hydrolysis) is 1. The van der Waals surface area contributed by atoms with Crippen molar-refractivity contribution in [1.82, 2.24) is 5.32 Å². The second-order valence-electron chi connectivity index (χ2n) is 8.58. The van der Waals surface area contributed by atoms with Gasteiger partial charge in [0.1, 0.15) is 5.75 Å². The summed E-state index contributed by atoms with van der Waals surface area (Å²) >= 11 is 0. The fourth-order valence-electron chi connectivity index (χ4n) is 4.18. The number of carbonyl (C=O) groups excluding carboxylic acids is 2. The van der Waals surface area contributed by atoms with Crippen LogP contribution in [0, 0.1) is 0 Å². The minimum absolute atomic E-state index is 0.0350. The lowest BCUT2D eigenvalue weighted by Gasteiger charge is -2.38. The third kappa shape index (κ3) is 6.81. The molecule has 38 heavy (non-hydrogen) atoms. The maximum atomic E-state index is 13.1. The molecule has 2 aromatic carbocycles. The first kappa shape index (κ1) is 28.9. The lowest BCUT2D eigenvalue weighted by Crippen LogP contribution is -2.46. The van der Waals surface area contributed by atoms with Gasteiger partial charge in [0.25, 0.3) is 0 Å². The molecule has 0 radical (unpaired) electrons. The first-order valence-corrected chi connectivity index (χ1v) is 11.6.